The molecule has 106 valence electrons. The van der Waals surface area contributed by atoms with Crippen molar-refractivity contribution in [2.75, 3.05) is 7.11 Å². The van der Waals surface area contributed by atoms with Crippen LogP contribution in [0.5, 0.6) is 11.6 Å². The van der Waals surface area contributed by atoms with Crippen molar-refractivity contribution in [3.8, 4) is 11.6 Å². The summed E-state index contributed by atoms with van der Waals surface area (Å²) in [6, 6.07) is 11.7. The van der Waals surface area contributed by atoms with Crippen LogP contribution in [-0.4, -0.2) is 12.1 Å². The Bertz CT molecular complexity index is 584. The van der Waals surface area contributed by atoms with Crippen LogP contribution in [0.3, 0.4) is 0 Å². The first-order chi connectivity index (χ1) is 9.60. The van der Waals surface area contributed by atoms with Gasteiger partial charge in [0.05, 0.1) is 12.8 Å². The summed E-state index contributed by atoms with van der Waals surface area (Å²) in [5, 5.41) is 0. The summed E-state index contributed by atoms with van der Waals surface area (Å²) in [5.74, 6) is 1.90. The average Bonchev–Trinajstić information content (AvgIpc) is 2.46. The van der Waals surface area contributed by atoms with Crippen LogP contribution in [0.25, 0.3) is 0 Å². The Balaban J connectivity index is 2.14. The van der Waals surface area contributed by atoms with Crippen LogP contribution in [0, 0.1) is 0 Å². The molecule has 3 nitrogen and oxygen atoms in total. The zero-order chi connectivity index (χ0) is 14.5. The van der Waals surface area contributed by atoms with Gasteiger partial charge in [0.2, 0.25) is 5.88 Å². The number of halogens is 1. The second kappa shape index (κ2) is 6.75. The number of pyridine rings is 1. The van der Waals surface area contributed by atoms with E-state index in [0.717, 1.165) is 15.9 Å². The molecule has 0 aliphatic carbocycles. The summed E-state index contributed by atoms with van der Waals surface area (Å²) >= 11 is 3.50. The van der Waals surface area contributed by atoms with Gasteiger partial charge in [-0.25, -0.2) is 4.98 Å². The van der Waals surface area contributed by atoms with E-state index in [1.807, 2.05) is 30.3 Å². The number of benzene rings is 1. The summed E-state index contributed by atoms with van der Waals surface area (Å²) < 4.78 is 12.1. The molecule has 0 unspecified atom stereocenters. The number of ether oxygens (including phenoxy) is 2. The number of aromatic nitrogens is 1. The standard InChI is InChI=1S/C16H18BrNO2/c1-11(2)14-9-12(17)7-8-15(14)20-10-13-5-4-6-16(18-13)19-3/h4-9,11H,10H2,1-3H3. The lowest BCUT2D eigenvalue weighted by molar-refractivity contribution is 0.294. The summed E-state index contributed by atoms with van der Waals surface area (Å²) in [5.41, 5.74) is 2.03. The fourth-order valence-corrected chi connectivity index (χ4v) is 2.28. The molecule has 0 spiro atoms. The highest BCUT2D eigenvalue weighted by molar-refractivity contribution is 9.10. The van der Waals surface area contributed by atoms with Gasteiger partial charge in [-0.05, 0) is 35.7 Å². The number of rotatable bonds is 5. The summed E-state index contributed by atoms with van der Waals surface area (Å²) in [4.78, 5) is 4.34. The van der Waals surface area contributed by atoms with Crippen LogP contribution < -0.4 is 9.47 Å². The van der Waals surface area contributed by atoms with Crippen LogP contribution in [0.2, 0.25) is 0 Å². The summed E-state index contributed by atoms with van der Waals surface area (Å²) in [6.07, 6.45) is 0. The number of nitrogens with zero attached hydrogens (tertiary/aromatic N) is 1. The van der Waals surface area contributed by atoms with Crippen LogP contribution >= 0.6 is 15.9 Å². The third kappa shape index (κ3) is 3.73. The fraction of sp³-hybridized carbons (Fsp3) is 0.312. The van der Waals surface area contributed by atoms with Crippen LogP contribution in [0.4, 0.5) is 0 Å². The van der Waals surface area contributed by atoms with E-state index in [1.54, 1.807) is 7.11 Å². The number of methoxy groups -OCH3 is 1. The smallest absolute Gasteiger partial charge is 0.213 e. The minimum atomic E-state index is 0.403. The molecule has 0 radical (unpaired) electrons. The fourth-order valence-electron chi connectivity index (χ4n) is 1.91. The van der Waals surface area contributed by atoms with Gasteiger partial charge in [0, 0.05) is 10.5 Å². The van der Waals surface area contributed by atoms with Gasteiger partial charge in [0.25, 0.3) is 0 Å². The highest BCUT2D eigenvalue weighted by Crippen LogP contribution is 2.30. The highest BCUT2D eigenvalue weighted by atomic mass is 79.9. The average molecular weight is 336 g/mol. The maximum atomic E-state index is 5.90. The lowest BCUT2D eigenvalue weighted by atomic mass is 10.0. The van der Waals surface area contributed by atoms with E-state index >= 15 is 0 Å². The Hall–Kier alpha value is -1.55. The Morgan fingerprint density at radius 3 is 2.70 bits per heavy atom. The number of hydrogen-bond acceptors (Lipinski definition) is 3. The van der Waals surface area contributed by atoms with Gasteiger partial charge in [-0.3, -0.25) is 0 Å². The topological polar surface area (TPSA) is 31.4 Å². The normalized spacial score (nSPS) is 10.7. The SMILES string of the molecule is COc1cccc(COc2ccc(Br)cc2C(C)C)n1. The second-order valence-electron chi connectivity index (χ2n) is 4.80. The predicted octanol–water partition coefficient (Wildman–Crippen LogP) is 4.56. The van der Waals surface area contributed by atoms with Gasteiger partial charge in [-0.1, -0.05) is 35.8 Å². The van der Waals surface area contributed by atoms with Gasteiger partial charge < -0.3 is 9.47 Å². The number of hydrogen-bond donors (Lipinski definition) is 0. The highest BCUT2D eigenvalue weighted by Gasteiger charge is 2.09. The lowest BCUT2D eigenvalue weighted by Gasteiger charge is -2.14. The van der Waals surface area contributed by atoms with Crippen molar-refractivity contribution in [1.82, 2.24) is 4.98 Å². The molecule has 0 aliphatic heterocycles. The third-order valence-electron chi connectivity index (χ3n) is 2.96. The second-order valence-corrected chi connectivity index (χ2v) is 5.71. The van der Waals surface area contributed by atoms with Gasteiger partial charge >= 0.3 is 0 Å². The molecule has 1 aromatic heterocycles. The third-order valence-corrected chi connectivity index (χ3v) is 3.45. The maximum Gasteiger partial charge on any atom is 0.213 e. The van der Waals surface area contributed by atoms with Crippen LogP contribution in [0.1, 0.15) is 31.0 Å². The zero-order valence-corrected chi connectivity index (χ0v) is 13.5. The molecule has 0 N–H and O–H groups in total. The molecule has 2 rings (SSSR count). The molecule has 4 heteroatoms. The van der Waals surface area contributed by atoms with E-state index in [0.29, 0.717) is 18.4 Å². The van der Waals surface area contributed by atoms with Gasteiger partial charge in [-0.2, -0.15) is 0 Å². The van der Waals surface area contributed by atoms with Crippen molar-refractivity contribution < 1.29 is 9.47 Å². The van der Waals surface area contributed by atoms with E-state index in [-0.39, 0.29) is 0 Å². The summed E-state index contributed by atoms with van der Waals surface area (Å²) in [7, 11) is 1.61. The molecule has 2 aromatic rings. The van der Waals surface area contributed by atoms with Crippen molar-refractivity contribution in [1.29, 1.82) is 0 Å². The Kier molecular flexibility index (Phi) is 5.01. The molecule has 0 saturated heterocycles. The molecule has 0 fully saturated rings. The van der Waals surface area contributed by atoms with Gasteiger partial charge in [-0.15, -0.1) is 0 Å². The molecule has 0 amide bonds. The van der Waals surface area contributed by atoms with Crippen molar-refractivity contribution >= 4 is 15.9 Å². The molecule has 0 saturated carbocycles. The Morgan fingerprint density at radius 1 is 1.20 bits per heavy atom. The Morgan fingerprint density at radius 2 is 2.00 bits per heavy atom. The monoisotopic (exact) mass is 335 g/mol. The maximum absolute atomic E-state index is 5.90. The van der Waals surface area contributed by atoms with E-state index in [2.05, 4.69) is 40.8 Å². The van der Waals surface area contributed by atoms with Crippen LogP contribution in [0.15, 0.2) is 40.9 Å². The molecule has 0 atom stereocenters. The molecular weight excluding hydrogens is 318 g/mol. The van der Waals surface area contributed by atoms with Gasteiger partial charge in [0.1, 0.15) is 12.4 Å². The molecule has 0 aliphatic rings. The van der Waals surface area contributed by atoms with E-state index in [1.165, 1.54) is 5.56 Å². The molecule has 1 heterocycles. The molecular formula is C16H18BrNO2. The zero-order valence-electron chi connectivity index (χ0n) is 11.9. The van der Waals surface area contributed by atoms with Crippen molar-refractivity contribution in [2.24, 2.45) is 0 Å². The summed E-state index contributed by atoms with van der Waals surface area (Å²) in [6.45, 7) is 4.73. The largest absolute Gasteiger partial charge is 0.487 e. The van der Waals surface area contributed by atoms with Crippen LogP contribution in [-0.2, 0) is 6.61 Å². The first-order valence-corrected chi connectivity index (χ1v) is 7.31. The predicted molar refractivity (Wildman–Crippen MR) is 83.4 cm³/mol. The first kappa shape index (κ1) is 14.9. The Labute approximate surface area is 128 Å². The molecule has 1 aromatic carbocycles. The quantitative estimate of drug-likeness (QED) is 0.802. The van der Waals surface area contributed by atoms with Crippen molar-refractivity contribution in [3.05, 3.63) is 52.1 Å². The molecule has 20 heavy (non-hydrogen) atoms. The van der Waals surface area contributed by atoms with Crippen molar-refractivity contribution in [3.63, 3.8) is 0 Å². The van der Waals surface area contributed by atoms with E-state index in [9.17, 15) is 0 Å². The molecule has 0 bridgehead atoms. The van der Waals surface area contributed by atoms with E-state index < -0.39 is 0 Å². The van der Waals surface area contributed by atoms with E-state index in [4.69, 9.17) is 9.47 Å². The minimum Gasteiger partial charge on any atom is -0.487 e. The minimum absolute atomic E-state index is 0.403. The van der Waals surface area contributed by atoms with Gasteiger partial charge in [0.15, 0.2) is 0 Å². The lowest BCUT2D eigenvalue weighted by Crippen LogP contribution is -2.02. The first-order valence-electron chi connectivity index (χ1n) is 6.52. The van der Waals surface area contributed by atoms with Crippen molar-refractivity contribution in [2.45, 2.75) is 26.4 Å².